The van der Waals surface area contributed by atoms with Crippen LogP contribution < -0.4 is 4.74 Å². The molecule has 84 valence electrons. The maximum atomic E-state index is 5.85. The van der Waals surface area contributed by atoms with Crippen molar-refractivity contribution in [3.8, 4) is 5.75 Å². The summed E-state index contributed by atoms with van der Waals surface area (Å²) in [5.41, 5.74) is 1.17. The molecule has 1 aliphatic carbocycles. The van der Waals surface area contributed by atoms with Crippen LogP contribution in [0.25, 0.3) is 10.9 Å². The number of nitrogens with one attached hydrogen (secondary N) is 1. The summed E-state index contributed by atoms with van der Waals surface area (Å²) < 4.78 is 5.85. The first-order chi connectivity index (χ1) is 7.92. The fourth-order valence-corrected chi connectivity index (χ4v) is 2.51. The molecule has 0 bridgehead atoms. The Balaban J connectivity index is 1.68. The summed E-state index contributed by atoms with van der Waals surface area (Å²) in [4.78, 5) is 3.19. The van der Waals surface area contributed by atoms with E-state index in [1.54, 1.807) is 0 Å². The molecule has 0 aliphatic heterocycles. The van der Waals surface area contributed by atoms with Gasteiger partial charge in [-0.05, 0) is 43.0 Å². The van der Waals surface area contributed by atoms with Gasteiger partial charge in [0, 0.05) is 17.1 Å². The van der Waals surface area contributed by atoms with E-state index in [2.05, 4.69) is 23.2 Å². The van der Waals surface area contributed by atoms with Gasteiger partial charge in [-0.3, -0.25) is 0 Å². The molecule has 0 amide bonds. The molecule has 1 aromatic heterocycles. The van der Waals surface area contributed by atoms with Crippen molar-refractivity contribution in [3.63, 3.8) is 0 Å². The number of hydrogen-bond donors (Lipinski definition) is 1. The molecular formula is C14H17NO. The number of aromatic amines is 1. The molecule has 1 N–H and O–H groups in total. The number of aromatic nitrogens is 1. The maximum Gasteiger partial charge on any atom is 0.120 e. The van der Waals surface area contributed by atoms with E-state index < -0.39 is 0 Å². The summed E-state index contributed by atoms with van der Waals surface area (Å²) in [6.07, 6.45) is 7.40. The average molecular weight is 215 g/mol. The molecule has 1 fully saturated rings. The second-order valence-electron chi connectivity index (χ2n) is 4.69. The van der Waals surface area contributed by atoms with Crippen LogP contribution in [-0.4, -0.2) is 11.6 Å². The summed E-state index contributed by atoms with van der Waals surface area (Å²) >= 11 is 0. The number of ether oxygens (including phenoxy) is 1. The summed E-state index contributed by atoms with van der Waals surface area (Å²) in [5.74, 6) is 1.78. The van der Waals surface area contributed by atoms with Crippen molar-refractivity contribution in [1.82, 2.24) is 4.98 Å². The first kappa shape index (κ1) is 9.76. The van der Waals surface area contributed by atoms with Crippen LogP contribution >= 0.6 is 0 Å². The summed E-state index contributed by atoms with van der Waals surface area (Å²) in [5, 5.41) is 1.23. The van der Waals surface area contributed by atoms with Gasteiger partial charge in [-0.2, -0.15) is 0 Å². The minimum atomic E-state index is 0.780. The van der Waals surface area contributed by atoms with Crippen molar-refractivity contribution in [2.24, 2.45) is 5.92 Å². The molecular weight excluding hydrogens is 198 g/mol. The highest BCUT2D eigenvalue weighted by molar-refractivity contribution is 5.80. The van der Waals surface area contributed by atoms with Gasteiger partial charge >= 0.3 is 0 Å². The van der Waals surface area contributed by atoms with E-state index in [9.17, 15) is 0 Å². The third-order valence-corrected chi connectivity index (χ3v) is 3.49. The van der Waals surface area contributed by atoms with Gasteiger partial charge in [-0.25, -0.2) is 0 Å². The predicted molar refractivity (Wildman–Crippen MR) is 65.8 cm³/mol. The van der Waals surface area contributed by atoms with Gasteiger partial charge in [0.2, 0.25) is 0 Å². The molecule has 0 unspecified atom stereocenters. The van der Waals surface area contributed by atoms with Crippen LogP contribution in [0.15, 0.2) is 30.5 Å². The molecule has 0 spiro atoms. The van der Waals surface area contributed by atoms with Crippen LogP contribution in [0.2, 0.25) is 0 Å². The fraction of sp³-hybridized carbons (Fsp3) is 0.429. The molecule has 0 saturated heterocycles. The van der Waals surface area contributed by atoms with Gasteiger partial charge in [0.1, 0.15) is 5.75 Å². The fourth-order valence-electron chi connectivity index (χ4n) is 2.51. The second kappa shape index (κ2) is 4.20. The third kappa shape index (κ3) is 1.92. The minimum absolute atomic E-state index is 0.780. The molecule has 1 saturated carbocycles. The van der Waals surface area contributed by atoms with Crippen molar-refractivity contribution < 1.29 is 4.74 Å². The Hall–Kier alpha value is -1.44. The predicted octanol–water partition coefficient (Wildman–Crippen LogP) is 3.74. The topological polar surface area (TPSA) is 25.0 Å². The molecule has 0 radical (unpaired) electrons. The van der Waals surface area contributed by atoms with Gasteiger partial charge < -0.3 is 9.72 Å². The Morgan fingerprint density at radius 2 is 2.06 bits per heavy atom. The van der Waals surface area contributed by atoms with Gasteiger partial charge in [0.15, 0.2) is 0 Å². The van der Waals surface area contributed by atoms with Crippen molar-refractivity contribution in [2.45, 2.75) is 25.7 Å². The molecule has 0 atom stereocenters. The van der Waals surface area contributed by atoms with E-state index in [4.69, 9.17) is 4.74 Å². The number of benzene rings is 1. The summed E-state index contributed by atoms with van der Waals surface area (Å²) in [6, 6.07) is 8.33. The second-order valence-corrected chi connectivity index (χ2v) is 4.69. The molecule has 3 rings (SSSR count). The van der Waals surface area contributed by atoms with Crippen molar-refractivity contribution in [1.29, 1.82) is 0 Å². The van der Waals surface area contributed by atoms with Crippen LogP contribution in [0.5, 0.6) is 5.75 Å². The van der Waals surface area contributed by atoms with Crippen molar-refractivity contribution in [2.75, 3.05) is 6.61 Å². The van der Waals surface area contributed by atoms with Gasteiger partial charge in [-0.15, -0.1) is 0 Å². The number of rotatable bonds is 3. The lowest BCUT2D eigenvalue weighted by molar-refractivity contribution is 0.252. The van der Waals surface area contributed by atoms with Gasteiger partial charge in [0.25, 0.3) is 0 Å². The maximum absolute atomic E-state index is 5.85. The number of hydrogen-bond acceptors (Lipinski definition) is 1. The van der Waals surface area contributed by atoms with E-state index in [-0.39, 0.29) is 0 Å². The van der Waals surface area contributed by atoms with Crippen LogP contribution in [-0.2, 0) is 0 Å². The average Bonchev–Trinajstić information content (AvgIpc) is 2.97. The van der Waals surface area contributed by atoms with Crippen LogP contribution in [0, 0.1) is 5.92 Å². The molecule has 1 heterocycles. The number of H-pyrrole nitrogens is 1. The Labute approximate surface area is 95.6 Å². The standard InChI is InChI=1S/C14H17NO/c1-2-4-11(3-1)10-16-13-5-6-14-12(9-13)7-8-15-14/h5-9,11,15H,1-4,10H2. The lowest BCUT2D eigenvalue weighted by Crippen LogP contribution is -2.07. The quantitative estimate of drug-likeness (QED) is 0.829. The molecule has 2 nitrogen and oxygen atoms in total. The lowest BCUT2D eigenvalue weighted by atomic mass is 10.1. The highest BCUT2D eigenvalue weighted by atomic mass is 16.5. The Kier molecular flexibility index (Phi) is 2.56. The number of fused-ring (bicyclic) bond motifs is 1. The van der Waals surface area contributed by atoms with E-state index in [0.29, 0.717) is 0 Å². The van der Waals surface area contributed by atoms with Crippen molar-refractivity contribution >= 4 is 10.9 Å². The SMILES string of the molecule is c1cc2cc(OCC3CCCC3)ccc2[nH]1. The minimum Gasteiger partial charge on any atom is -0.493 e. The lowest BCUT2D eigenvalue weighted by Gasteiger charge is -2.11. The van der Waals surface area contributed by atoms with Crippen LogP contribution in [0.4, 0.5) is 0 Å². The van der Waals surface area contributed by atoms with Crippen LogP contribution in [0.1, 0.15) is 25.7 Å². The first-order valence-electron chi connectivity index (χ1n) is 6.12. The highest BCUT2D eigenvalue weighted by Gasteiger charge is 2.15. The van der Waals surface area contributed by atoms with E-state index in [0.717, 1.165) is 18.3 Å². The molecule has 1 aliphatic rings. The van der Waals surface area contributed by atoms with Crippen molar-refractivity contribution in [3.05, 3.63) is 30.5 Å². The monoisotopic (exact) mass is 215 g/mol. The third-order valence-electron chi connectivity index (χ3n) is 3.49. The zero-order valence-electron chi connectivity index (χ0n) is 9.41. The zero-order valence-corrected chi connectivity index (χ0v) is 9.41. The summed E-state index contributed by atoms with van der Waals surface area (Å²) in [7, 11) is 0. The zero-order chi connectivity index (χ0) is 10.8. The Morgan fingerprint density at radius 1 is 1.19 bits per heavy atom. The molecule has 1 aromatic carbocycles. The largest absolute Gasteiger partial charge is 0.493 e. The highest BCUT2D eigenvalue weighted by Crippen LogP contribution is 2.26. The first-order valence-corrected chi connectivity index (χ1v) is 6.12. The Morgan fingerprint density at radius 3 is 2.94 bits per heavy atom. The molecule has 2 aromatic rings. The van der Waals surface area contributed by atoms with Gasteiger partial charge in [-0.1, -0.05) is 12.8 Å². The van der Waals surface area contributed by atoms with Gasteiger partial charge in [0.05, 0.1) is 6.61 Å². The van der Waals surface area contributed by atoms with Crippen LogP contribution in [0.3, 0.4) is 0 Å². The van der Waals surface area contributed by atoms with E-state index >= 15 is 0 Å². The molecule has 16 heavy (non-hydrogen) atoms. The smallest absolute Gasteiger partial charge is 0.120 e. The normalized spacial score (nSPS) is 17.0. The Bertz CT molecular complexity index is 468. The summed E-state index contributed by atoms with van der Waals surface area (Å²) in [6.45, 7) is 0.885. The van der Waals surface area contributed by atoms with E-state index in [1.165, 1.54) is 36.6 Å². The molecule has 2 heteroatoms. The van der Waals surface area contributed by atoms with E-state index in [1.807, 2.05) is 12.3 Å².